The maximum absolute atomic E-state index is 12.5. The molecule has 1 aliphatic heterocycles. The number of hydrogen-bond acceptors (Lipinski definition) is 4. The van der Waals surface area contributed by atoms with Crippen molar-refractivity contribution in [1.82, 2.24) is 10.2 Å². The van der Waals surface area contributed by atoms with Gasteiger partial charge in [-0.1, -0.05) is 29.8 Å². The Bertz CT molecular complexity index is 1050. The largest absolute Gasteiger partial charge is 0.334 e. The lowest BCUT2D eigenvalue weighted by Crippen LogP contribution is -2.60. The number of nitrogens with one attached hydrogen (secondary N) is 2. The van der Waals surface area contributed by atoms with Gasteiger partial charge in [-0.3, -0.25) is 4.90 Å². The summed E-state index contributed by atoms with van der Waals surface area (Å²) in [5, 5.41) is 6.62. The lowest BCUT2D eigenvalue weighted by atomic mass is 9.82. The fourth-order valence-corrected chi connectivity index (χ4v) is 5.46. The number of sulfone groups is 1. The molecule has 0 unspecified atom stereocenters. The van der Waals surface area contributed by atoms with Gasteiger partial charge in [0.25, 0.3) is 0 Å². The second-order valence-electron chi connectivity index (χ2n) is 8.96. The first-order chi connectivity index (χ1) is 15.3. The van der Waals surface area contributed by atoms with E-state index in [1.807, 2.05) is 12.1 Å². The van der Waals surface area contributed by atoms with Crippen LogP contribution in [0.3, 0.4) is 0 Å². The van der Waals surface area contributed by atoms with E-state index in [0.29, 0.717) is 17.6 Å². The summed E-state index contributed by atoms with van der Waals surface area (Å²) in [4.78, 5) is 15.2. The average Bonchev–Trinajstić information content (AvgIpc) is 2.74. The quantitative estimate of drug-likeness (QED) is 0.651. The third-order valence-corrected chi connectivity index (χ3v) is 7.99. The van der Waals surface area contributed by atoms with Crippen molar-refractivity contribution in [3.8, 4) is 0 Å². The first kappa shape index (κ1) is 23.1. The van der Waals surface area contributed by atoms with Crippen LogP contribution in [0.15, 0.2) is 53.4 Å². The van der Waals surface area contributed by atoms with Gasteiger partial charge in [0.2, 0.25) is 0 Å². The van der Waals surface area contributed by atoms with Crippen LogP contribution in [0.25, 0.3) is 0 Å². The molecule has 0 aromatic heterocycles. The summed E-state index contributed by atoms with van der Waals surface area (Å²) >= 11 is 5.99. The average molecular weight is 476 g/mol. The molecule has 1 saturated carbocycles. The maximum Gasteiger partial charge on any atom is 0.319 e. The normalized spacial score (nSPS) is 22.2. The molecule has 2 aromatic carbocycles. The number of amides is 2. The summed E-state index contributed by atoms with van der Waals surface area (Å²) in [6, 6.07) is 14.7. The monoisotopic (exact) mass is 475 g/mol. The number of carbonyl (C=O) groups excluding carboxylic acids is 1. The van der Waals surface area contributed by atoms with Crippen molar-refractivity contribution in [1.29, 1.82) is 0 Å². The van der Waals surface area contributed by atoms with Crippen molar-refractivity contribution in [2.45, 2.75) is 49.1 Å². The van der Waals surface area contributed by atoms with Crippen molar-refractivity contribution < 1.29 is 13.2 Å². The number of urea groups is 1. The van der Waals surface area contributed by atoms with Crippen molar-refractivity contribution in [2.75, 3.05) is 24.7 Å². The molecule has 0 bridgehead atoms. The molecule has 172 valence electrons. The van der Waals surface area contributed by atoms with Crippen LogP contribution in [0.4, 0.5) is 10.5 Å². The van der Waals surface area contributed by atoms with E-state index in [1.165, 1.54) is 17.7 Å². The predicted molar refractivity (Wildman–Crippen MR) is 128 cm³/mol. The van der Waals surface area contributed by atoms with E-state index in [2.05, 4.69) is 27.7 Å². The highest BCUT2D eigenvalue weighted by Gasteiger charge is 2.38. The molecular formula is C24H30ClN3O3S. The molecule has 2 aromatic rings. The van der Waals surface area contributed by atoms with Gasteiger partial charge in [0.15, 0.2) is 9.84 Å². The third-order valence-electron chi connectivity index (χ3n) is 6.63. The van der Waals surface area contributed by atoms with Crippen molar-refractivity contribution in [2.24, 2.45) is 5.92 Å². The Morgan fingerprint density at radius 3 is 2.41 bits per heavy atom. The number of benzene rings is 2. The summed E-state index contributed by atoms with van der Waals surface area (Å²) in [6.07, 6.45) is 6.63. The van der Waals surface area contributed by atoms with Gasteiger partial charge in [-0.2, -0.15) is 0 Å². The van der Waals surface area contributed by atoms with Crippen LogP contribution in [-0.4, -0.2) is 50.8 Å². The van der Waals surface area contributed by atoms with Gasteiger partial charge in [0.05, 0.1) is 4.90 Å². The molecule has 1 saturated heterocycles. The van der Waals surface area contributed by atoms with Gasteiger partial charge in [-0.15, -0.1) is 0 Å². The number of carbonyl (C=O) groups is 1. The Morgan fingerprint density at radius 1 is 1.06 bits per heavy atom. The summed E-state index contributed by atoms with van der Waals surface area (Å²) in [5.41, 5.74) is 1.82. The molecule has 2 amide bonds. The molecule has 2 N–H and O–H groups in total. The van der Waals surface area contributed by atoms with Gasteiger partial charge < -0.3 is 10.6 Å². The number of hydrogen-bond donors (Lipinski definition) is 2. The zero-order valence-corrected chi connectivity index (χ0v) is 19.8. The van der Waals surface area contributed by atoms with Crippen LogP contribution in [0.5, 0.6) is 0 Å². The summed E-state index contributed by atoms with van der Waals surface area (Å²) in [5.74, 6) is 0.685. The molecule has 6 nitrogen and oxygen atoms in total. The summed E-state index contributed by atoms with van der Waals surface area (Å²) < 4.78 is 23.4. The van der Waals surface area contributed by atoms with Gasteiger partial charge in [0, 0.05) is 29.0 Å². The number of anilines is 1. The summed E-state index contributed by atoms with van der Waals surface area (Å²) in [6.45, 7) is 2.11. The van der Waals surface area contributed by atoms with E-state index in [9.17, 15) is 13.2 Å². The molecule has 0 radical (unpaired) electrons. The molecule has 8 heteroatoms. The van der Waals surface area contributed by atoms with Crippen molar-refractivity contribution in [3.05, 3.63) is 59.1 Å². The molecular weight excluding hydrogens is 446 g/mol. The minimum Gasteiger partial charge on any atom is -0.334 e. The Labute approximate surface area is 195 Å². The Hall–Kier alpha value is -2.09. The Kier molecular flexibility index (Phi) is 7.08. The van der Waals surface area contributed by atoms with E-state index < -0.39 is 9.84 Å². The first-order valence-corrected chi connectivity index (χ1v) is 13.4. The van der Waals surface area contributed by atoms with Crippen LogP contribution in [0.1, 0.15) is 31.2 Å². The maximum atomic E-state index is 12.5. The smallest absolute Gasteiger partial charge is 0.319 e. The number of piperidine rings is 1. The standard InChI is InChI=1S/C24H30ClN3O3S/c1-32(30,31)21-4-2-3-20(16-21)26-24(29)27-22-9-10-23(22)28-13-11-18(12-14-28)15-17-5-7-19(25)8-6-17/h2-8,16,18,22-23H,9-15H2,1H3,(H2,26,27,29)/t22-,23+/m1/s1. The third kappa shape index (κ3) is 5.82. The fraction of sp³-hybridized carbons (Fsp3) is 0.458. The Balaban J connectivity index is 1.25. The minimum absolute atomic E-state index is 0.126. The zero-order chi connectivity index (χ0) is 22.7. The van der Waals surface area contributed by atoms with Crippen LogP contribution in [0, 0.1) is 5.92 Å². The van der Waals surface area contributed by atoms with Gasteiger partial charge in [-0.25, -0.2) is 13.2 Å². The molecule has 2 atom stereocenters. The number of likely N-dealkylation sites (tertiary alicyclic amines) is 1. The SMILES string of the molecule is CS(=O)(=O)c1cccc(NC(=O)N[C@@H]2CC[C@@H]2N2CCC(Cc3ccc(Cl)cc3)CC2)c1. The highest BCUT2D eigenvalue weighted by molar-refractivity contribution is 7.90. The molecule has 32 heavy (non-hydrogen) atoms. The van der Waals surface area contributed by atoms with E-state index in [1.54, 1.807) is 12.1 Å². The first-order valence-electron chi connectivity index (χ1n) is 11.1. The van der Waals surface area contributed by atoms with Gasteiger partial charge in [0.1, 0.15) is 0 Å². The zero-order valence-electron chi connectivity index (χ0n) is 18.3. The molecule has 1 heterocycles. The predicted octanol–water partition coefficient (Wildman–Crippen LogP) is 4.35. The highest BCUT2D eigenvalue weighted by atomic mass is 35.5. The lowest BCUT2D eigenvalue weighted by Gasteiger charge is -2.47. The van der Waals surface area contributed by atoms with Crippen LogP contribution >= 0.6 is 11.6 Å². The minimum atomic E-state index is -3.31. The fourth-order valence-electron chi connectivity index (χ4n) is 4.67. The molecule has 1 aliphatic carbocycles. The van der Waals surface area contributed by atoms with E-state index in [0.717, 1.165) is 56.5 Å². The molecule has 2 fully saturated rings. The van der Waals surface area contributed by atoms with Crippen LogP contribution < -0.4 is 10.6 Å². The topological polar surface area (TPSA) is 78.5 Å². The van der Waals surface area contributed by atoms with E-state index in [4.69, 9.17) is 11.6 Å². The van der Waals surface area contributed by atoms with E-state index >= 15 is 0 Å². The van der Waals surface area contributed by atoms with Crippen molar-refractivity contribution >= 4 is 33.2 Å². The second-order valence-corrected chi connectivity index (χ2v) is 11.4. The Morgan fingerprint density at radius 2 is 1.78 bits per heavy atom. The second kappa shape index (κ2) is 9.81. The van der Waals surface area contributed by atoms with E-state index in [-0.39, 0.29) is 17.0 Å². The summed E-state index contributed by atoms with van der Waals surface area (Å²) in [7, 11) is -3.31. The molecule has 0 spiro atoms. The molecule has 4 rings (SSSR count). The van der Waals surface area contributed by atoms with Gasteiger partial charge in [-0.05, 0) is 87.0 Å². The highest BCUT2D eigenvalue weighted by Crippen LogP contribution is 2.31. The molecule has 2 aliphatic rings. The van der Waals surface area contributed by atoms with Crippen LogP contribution in [0.2, 0.25) is 5.02 Å². The van der Waals surface area contributed by atoms with Crippen molar-refractivity contribution in [3.63, 3.8) is 0 Å². The lowest BCUT2D eigenvalue weighted by molar-refractivity contribution is 0.0581. The van der Waals surface area contributed by atoms with Crippen LogP contribution in [-0.2, 0) is 16.3 Å². The number of rotatable bonds is 6. The number of halogens is 1. The van der Waals surface area contributed by atoms with Gasteiger partial charge >= 0.3 is 6.03 Å². The number of nitrogens with zero attached hydrogens (tertiary/aromatic N) is 1.